The van der Waals surface area contributed by atoms with Gasteiger partial charge in [-0.25, -0.2) is 9.78 Å². The number of ether oxygens (including phenoxy) is 1. The summed E-state index contributed by atoms with van der Waals surface area (Å²) in [5.41, 5.74) is 0.661. The number of carbonyl (C=O) groups excluding carboxylic acids is 1. The average molecular weight is 578 g/mol. The lowest BCUT2D eigenvalue weighted by atomic mass is 10.0. The van der Waals surface area contributed by atoms with Gasteiger partial charge in [0.05, 0.1) is 10.7 Å². The lowest BCUT2D eigenvalue weighted by Gasteiger charge is -2.40. The Morgan fingerprint density at radius 3 is 2.53 bits per heavy atom. The molecule has 9 heteroatoms. The van der Waals surface area contributed by atoms with Crippen LogP contribution in [-0.2, 0) is 11.2 Å². The number of nitrogens with zero attached hydrogens (tertiary/aromatic N) is 4. The van der Waals surface area contributed by atoms with Crippen molar-refractivity contribution in [1.82, 2.24) is 20.1 Å². The third kappa shape index (κ3) is 8.68. The van der Waals surface area contributed by atoms with Crippen LogP contribution in [0.2, 0.25) is 0 Å². The van der Waals surface area contributed by atoms with E-state index in [0.29, 0.717) is 5.92 Å². The maximum Gasteiger partial charge on any atom is 0.410 e. The molecule has 1 aliphatic carbocycles. The van der Waals surface area contributed by atoms with Gasteiger partial charge in [-0.1, -0.05) is 0 Å². The molecule has 0 atom stereocenters. The van der Waals surface area contributed by atoms with Crippen LogP contribution in [-0.4, -0.2) is 71.2 Å². The molecule has 1 aliphatic heterocycles. The Kier molecular flexibility index (Phi) is 10.5. The number of likely N-dealkylation sites (tertiary alicyclic amines) is 1. The van der Waals surface area contributed by atoms with Gasteiger partial charge in [0.15, 0.2) is 5.96 Å². The van der Waals surface area contributed by atoms with Crippen LogP contribution >= 0.6 is 35.3 Å². The fourth-order valence-corrected chi connectivity index (χ4v) is 4.53. The van der Waals surface area contributed by atoms with Crippen LogP contribution in [0.4, 0.5) is 4.79 Å². The summed E-state index contributed by atoms with van der Waals surface area (Å²) < 4.78 is 5.72. The van der Waals surface area contributed by atoms with Gasteiger partial charge in [0.25, 0.3) is 0 Å². The molecular weight excluding hydrogens is 537 g/mol. The first kappa shape index (κ1) is 27.1. The van der Waals surface area contributed by atoms with E-state index in [4.69, 9.17) is 9.73 Å². The van der Waals surface area contributed by atoms with Crippen molar-refractivity contribution in [2.75, 3.05) is 32.7 Å². The first-order chi connectivity index (χ1) is 14.7. The standard InChI is InChI=1S/C23H39N5O2S.HI/c1-6-24-21(25-12-9-19-16-31-17(2)26-19)27-13-10-20(11-14-27)28(15-18-7-8-18)22(29)30-23(3,4)5;/h16,18,20H,6-15H2,1-5H3,(H,24,25);1H. The highest BCUT2D eigenvalue weighted by Gasteiger charge is 2.35. The lowest BCUT2D eigenvalue weighted by Crippen LogP contribution is -2.52. The SMILES string of the molecule is CCNC(=NCCc1csc(C)n1)N1CCC(N(CC2CC2)C(=O)OC(C)(C)C)CC1.I. The largest absolute Gasteiger partial charge is 0.444 e. The molecule has 1 N–H and O–H groups in total. The Labute approximate surface area is 214 Å². The van der Waals surface area contributed by atoms with Crippen LogP contribution in [0.25, 0.3) is 0 Å². The highest BCUT2D eigenvalue weighted by molar-refractivity contribution is 14.0. The van der Waals surface area contributed by atoms with Crippen LogP contribution in [0.15, 0.2) is 10.4 Å². The van der Waals surface area contributed by atoms with Gasteiger partial charge in [-0.3, -0.25) is 4.99 Å². The molecule has 3 rings (SSSR count). The second-order valence-electron chi connectivity index (χ2n) is 9.64. The van der Waals surface area contributed by atoms with E-state index in [1.165, 1.54) is 12.8 Å². The molecule has 2 aliphatic rings. The minimum absolute atomic E-state index is 0. The fourth-order valence-electron chi connectivity index (χ4n) is 3.89. The molecule has 0 unspecified atom stereocenters. The monoisotopic (exact) mass is 577 g/mol. The lowest BCUT2D eigenvalue weighted by molar-refractivity contribution is 0.00928. The maximum atomic E-state index is 12.9. The number of nitrogens with one attached hydrogen (secondary N) is 1. The topological polar surface area (TPSA) is 70.1 Å². The van der Waals surface area contributed by atoms with Gasteiger partial charge in [0.2, 0.25) is 0 Å². The molecule has 2 fully saturated rings. The van der Waals surface area contributed by atoms with E-state index < -0.39 is 5.60 Å². The third-order valence-electron chi connectivity index (χ3n) is 5.62. The second-order valence-corrected chi connectivity index (χ2v) is 10.7. The van der Waals surface area contributed by atoms with Gasteiger partial charge in [-0.05, 0) is 66.2 Å². The molecule has 1 saturated carbocycles. The number of rotatable bonds is 7. The zero-order valence-corrected chi connectivity index (χ0v) is 23.4. The number of aromatic nitrogens is 1. The number of carbonyl (C=O) groups is 1. The summed E-state index contributed by atoms with van der Waals surface area (Å²) in [7, 11) is 0. The van der Waals surface area contributed by atoms with Crippen LogP contribution < -0.4 is 5.32 Å². The predicted molar refractivity (Wildman–Crippen MR) is 142 cm³/mol. The van der Waals surface area contributed by atoms with Crippen LogP contribution in [0.5, 0.6) is 0 Å². The van der Waals surface area contributed by atoms with Gasteiger partial charge in [0.1, 0.15) is 5.60 Å². The third-order valence-corrected chi connectivity index (χ3v) is 6.44. The van der Waals surface area contributed by atoms with Crippen LogP contribution in [0.1, 0.15) is 64.1 Å². The zero-order valence-electron chi connectivity index (χ0n) is 20.2. The molecule has 0 aromatic carbocycles. The molecule has 7 nitrogen and oxygen atoms in total. The second kappa shape index (κ2) is 12.4. The fraction of sp³-hybridized carbons (Fsp3) is 0.783. The molecule has 1 aromatic rings. The Morgan fingerprint density at radius 1 is 1.31 bits per heavy atom. The van der Waals surface area contributed by atoms with Crippen molar-refractivity contribution in [3.63, 3.8) is 0 Å². The van der Waals surface area contributed by atoms with Crippen molar-refractivity contribution in [2.24, 2.45) is 10.9 Å². The van der Waals surface area contributed by atoms with E-state index in [9.17, 15) is 4.79 Å². The Hall–Kier alpha value is -1.10. The van der Waals surface area contributed by atoms with Gasteiger partial charge in [-0.15, -0.1) is 35.3 Å². The van der Waals surface area contributed by atoms with Gasteiger partial charge >= 0.3 is 6.09 Å². The van der Waals surface area contributed by atoms with Crippen molar-refractivity contribution in [1.29, 1.82) is 0 Å². The molecule has 2 heterocycles. The molecule has 182 valence electrons. The van der Waals surface area contributed by atoms with E-state index in [1.54, 1.807) is 11.3 Å². The summed E-state index contributed by atoms with van der Waals surface area (Å²) in [4.78, 5) is 26.6. The molecule has 0 radical (unpaired) electrons. The Balaban J connectivity index is 0.00000363. The molecule has 0 spiro atoms. The van der Waals surface area contributed by atoms with Crippen molar-refractivity contribution in [3.05, 3.63) is 16.1 Å². The van der Waals surface area contributed by atoms with E-state index in [2.05, 4.69) is 27.5 Å². The van der Waals surface area contributed by atoms with Crippen molar-refractivity contribution in [3.8, 4) is 0 Å². The highest BCUT2D eigenvalue weighted by atomic mass is 127. The maximum absolute atomic E-state index is 12.9. The average Bonchev–Trinajstić information content (AvgIpc) is 3.44. The first-order valence-corrected chi connectivity index (χ1v) is 12.6. The summed E-state index contributed by atoms with van der Waals surface area (Å²) in [5, 5.41) is 6.66. The summed E-state index contributed by atoms with van der Waals surface area (Å²) in [5.74, 6) is 1.62. The zero-order chi connectivity index (χ0) is 22.4. The number of piperidine rings is 1. The van der Waals surface area contributed by atoms with Crippen LogP contribution in [0.3, 0.4) is 0 Å². The minimum Gasteiger partial charge on any atom is -0.444 e. The van der Waals surface area contributed by atoms with Crippen molar-refractivity contribution < 1.29 is 9.53 Å². The normalized spacial score (nSPS) is 17.7. The highest BCUT2D eigenvalue weighted by Crippen LogP contribution is 2.32. The van der Waals surface area contributed by atoms with E-state index in [1.807, 2.05) is 32.6 Å². The molecule has 32 heavy (non-hydrogen) atoms. The van der Waals surface area contributed by atoms with E-state index in [-0.39, 0.29) is 36.1 Å². The van der Waals surface area contributed by atoms with Crippen molar-refractivity contribution in [2.45, 2.75) is 78.4 Å². The van der Waals surface area contributed by atoms with Gasteiger partial charge in [0, 0.05) is 50.6 Å². The predicted octanol–water partition coefficient (Wildman–Crippen LogP) is 4.69. The first-order valence-electron chi connectivity index (χ1n) is 11.7. The van der Waals surface area contributed by atoms with Crippen LogP contribution in [0, 0.1) is 12.8 Å². The van der Waals surface area contributed by atoms with Gasteiger partial charge < -0.3 is 19.9 Å². The summed E-state index contributed by atoms with van der Waals surface area (Å²) in [6.45, 7) is 14.2. The molecular formula is C23H40IN5O2S. The number of aliphatic imine (C=N–C) groups is 1. The number of hydrogen-bond acceptors (Lipinski definition) is 5. The number of amides is 1. The van der Waals surface area contributed by atoms with Crippen molar-refractivity contribution >= 4 is 47.4 Å². The molecule has 1 aromatic heterocycles. The number of halogens is 1. The minimum atomic E-state index is -0.458. The quantitative estimate of drug-likeness (QED) is 0.290. The molecule has 1 saturated heterocycles. The Morgan fingerprint density at radius 2 is 2.00 bits per heavy atom. The number of thiazole rings is 1. The summed E-state index contributed by atoms with van der Waals surface area (Å²) >= 11 is 1.69. The molecule has 1 amide bonds. The Bertz CT molecular complexity index is 752. The van der Waals surface area contributed by atoms with E-state index in [0.717, 1.165) is 68.6 Å². The van der Waals surface area contributed by atoms with Gasteiger partial charge in [-0.2, -0.15) is 0 Å². The summed E-state index contributed by atoms with van der Waals surface area (Å²) in [6.07, 6.45) is 5.06. The summed E-state index contributed by atoms with van der Waals surface area (Å²) in [6, 6.07) is 0.243. The number of guanidine groups is 1. The van der Waals surface area contributed by atoms with E-state index >= 15 is 0 Å². The number of hydrogen-bond donors (Lipinski definition) is 1. The molecule has 0 bridgehead atoms. The smallest absolute Gasteiger partial charge is 0.410 e. The number of aryl methyl sites for hydroxylation is 1.